The van der Waals surface area contributed by atoms with E-state index in [-0.39, 0.29) is 6.54 Å². The predicted molar refractivity (Wildman–Crippen MR) is 92.2 cm³/mol. The lowest BCUT2D eigenvalue weighted by Crippen LogP contribution is -2.42. The molecule has 0 bridgehead atoms. The summed E-state index contributed by atoms with van der Waals surface area (Å²) in [5.74, 6) is -6.84. The van der Waals surface area contributed by atoms with Gasteiger partial charge in [-0.3, -0.25) is 9.59 Å². The van der Waals surface area contributed by atoms with Gasteiger partial charge in [-0.2, -0.15) is 0 Å². The molecule has 0 atom stereocenters. The normalized spacial score (nSPS) is 11.2. The Hall–Kier alpha value is -2.83. The Balaban J connectivity index is 2.03. The summed E-state index contributed by atoms with van der Waals surface area (Å²) in [6.45, 7) is 5.91. The molecule has 138 valence electrons. The first-order valence-electron chi connectivity index (χ1n) is 7.92. The van der Waals surface area contributed by atoms with Gasteiger partial charge in [0.05, 0.1) is 5.69 Å². The van der Waals surface area contributed by atoms with E-state index in [2.05, 4.69) is 5.32 Å². The number of amides is 2. The van der Waals surface area contributed by atoms with Gasteiger partial charge in [0, 0.05) is 12.0 Å². The third kappa shape index (κ3) is 4.22. The standard InChI is InChI=1S/C19H19F3N2O2/c1-11-6-4-5-7-12(11)19(2,3)10-23-17(25)18(26)24-14-9-8-13(20)15(21)16(14)22/h4-9H,10H2,1-3H3,(H,23,25)(H,24,26). The summed E-state index contributed by atoms with van der Waals surface area (Å²) in [6, 6.07) is 9.15. The second-order valence-corrected chi connectivity index (χ2v) is 6.56. The molecule has 0 saturated heterocycles. The van der Waals surface area contributed by atoms with Crippen LogP contribution in [0.1, 0.15) is 25.0 Å². The summed E-state index contributed by atoms with van der Waals surface area (Å²) in [5, 5.41) is 4.41. The minimum atomic E-state index is -1.72. The molecule has 2 aromatic carbocycles. The lowest BCUT2D eigenvalue weighted by atomic mass is 9.82. The third-order valence-corrected chi connectivity index (χ3v) is 4.05. The molecule has 7 heteroatoms. The molecule has 2 amide bonds. The van der Waals surface area contributed by atoms with Crippen LogP contribution < -0.4 is 10.6 Å². The zero-order valence-electron chi connectivity index (χ0n) is 14.6. The van der Waals surface area contributed by atoms with Gasteiger partial charge in [0.1, 0.15) is 0 Å². The second-order valence-electron chi connectivity index (χ2n) is 6.56. The largest absolute Gasteiger partial charge is 0.347 e. The summed E-state index contributed by atoms with van der Waals surface area (Å²) in [6.07, 6.45) is 0. The number of rotatable bonds is 4. The van der Waals surface area contributed by atoms with Crippen LogP contribution in [0.3, 0.4) is 0 Å². The highest BCUT2D eigenvalue weighted by molar-refractivity contribution is 6.39. The van der Waals surface area contributed by atoms with E-state index in [0.29, 0.717) is 6.07 Å². The van der Waals surface area contributed by atoms with Crippen LogP contribution >= 0.6 is 0 Å². The molecular formula is C19H19F3N2O2. The molecule has 26 heavy (non-hydrogen) atoms. The fourth-order valence-corrected chi connectivity index (χ4v) is 2.61. The summed E-state index contributed by atoms with van der Waals surface area (Å²) in [7, 11) is 0. The summed E-state index contributed by atoms with van der Waals surface area (Å²) in [4.78, 5) is 23.8. The number of nitrogens with one attached hydrogen (secondary N) is 2. The van der Waals surface area contributed by atoms with Gasteiger partial charge in [0.25, 0.3) is 0 Å². The average molecular weight is 364 g/mol. The number of anilines is 1. The summed E-state index contributed by atoms with van der Waals surface area (Å²) in [5.41, 5.74) is 0.990. The van der Waals surface area contributed by atoms with Crippen molar-refractivity contribution in [3.05, 3.63) is 65.0 Å². The van der Waals surface area contributed by atoms with Crippen LogP contribution in [0, 0.1) is 24.4 Å². The summed E-state index contributed by atoms with van der Waals surface area (Å²) >= 11 is 0. The number of halogens is 3. The van der Waals surface area contributed by atoms with E-state index in [4.69, 9.17) is 0 Å². The minimum absolute atomic E-state index is 0.157. The van der Waals surface area contributed by atoms with E-state index in [1.54, 1.807) is 0 Å². The second kappa shape index (κ2) is 7.59. The van der Waals surface area contributed by atoms with Crippen molar-refractivity contribution in [3.63, 3.8) is 0 Å². The van der Waals surface area contributed by atoms with Crippen molar-refractivity contribution in [2.45, 2.75) is 26.2 Å². The molecule has 0 aliphatic heterocycles. The molecule has 4 nitrogen and oxygen atoms in total. The van der Waals surface area contributed by atoms with Crippen molar-refractivity contribution in [2.24, 2.45) is 0 Å². The maximum Gasteiger partial charge on any atom is 0.313 e. The van der Waals surface area contributed by atoms with Crippen LogP contribution in [0.2, 0.25) is 0 Å². The molecule has 2 N–H and O–H groups in total. The number of aryl methyl sites for hydroxylation is 1. The zero-order chi connectivity index (χ0) is 19.5. The van der Waals surface area contributed by atoms with Gasteiger partial charge in [0.15, 0.2) is 17.5 Å². The van der Waals surface area contributed by atoms with Gasteiger partial charge < -0.3 is 10.6 Å². The van der Waals surface area contributed by atoms with E-state index in [1.165, 1.54) is 0 Å². The average Bonchev–Trinajstić information content (AvgIpc) is 2.60. The Morgan fingerprint density at radius 3 is 2.27 bits per heavy atom. The fourth-order valence-electron chi connectivity index (χ4n) is 2.61. The van der Waals surface area contributed by atoms with Crippen LogP contribution in [0.15, 0.2) is 36.4 Å². The Bertz CT molecular complexity index is 851. The molecule has 2 aromatic rings. The quantitative estimate of drug-likeness (QED) is 0.645. The number of benzene rings is 2. The molecule has 0 aliphatic rings. The molecule has 0 aliphatic carbocycles. The SMILES string of the molecule is Cc1ccccc1C(C)(C)CNC(=O)C(=O)Nc1ccc(F)c(F)c1F. The van der Waals surface area contributed by atoms with Crippen LogP contribution in [0.4, 0.5) is 18.9 Å². The maximum atomic E-state index is 13.6. The van der Waals surface area contributed by atoms with Crippen molar-refractivity contribution in [3.8, 4) is 0 Å². The molecule has 0 saturated carbocycles. The van der Waals surface area contributed by atoms with Crippen LogP contribution in [-0.2, 0) is 15.0 Å². The monoisotopic (exact) mass is 364 g/mol. The zero-order valence-corrected chi connectivity index (χ0v) is 14.6. The minimum Gasteiger partial charge on any atom is -0.347 e. The van der Waals surface area contributed by atoms with Crippen molar-refractivity contribution in [2.75, 3.05) is 11.9 Å². The van der Waals surface area contributed by atoms with Crippen molar-refractivity contribution >= 4 is 17.5 Å². The number of hydrogen-bond donors (Lipinski definition) is 2. The van der Waals surface area contributed by atoms with E-state index in [1.807, 2.05) is 50.4 Å². The summed E-state index contributed by atoms with van der Waals surface area (Å²) < 4.78 is 39.6. The number of hydrogen-bond acceptors (Lipinski definition) is 2. The highest BCUT2D eigenvalue weighted by atomic mass is 19.2. The first-order chi connectivity index (χ1) is 12.1. The Kier molecular flexibility index (Phi) is 5.69. The van der Waals surface area contributed by atoms with Gasteiger partial charge in [0.2, 0.25) is 0 Å². The third-order valence-electron chi connectivity index (χ3n) is 4.05. The van der Waals surface area contributed by atoms with Gasteiger partial charge in [-0.25, -0.2) is 13.2 Å². The lowest BCUT2D eigenvalue weighted by Gasteiger charge is -2.27. The predicted octanol–water partition coefficient (Wildman–Crippen LogP) is 3.44. The van der Waals surface area contributed by atoms with Gasteiger partial charge in [-0.05, 0) is 30.2 Å². The number of carbonyl (C=O) groups is 2. The maximum absolute atomic E-state index is 13.6. The Morgan fingerprint density at radius 1 is 0.962 bits per heavy atom. The van der Waals surface area contributed by atoms with Crippen molar-refractivity contribution < 1.29 is 22.8 Å². The van der Waals surface area contributed by atoms with Crippen molar-refractivity contribution in [1.82, 2.24) is 5.32 Å². The molecule has 0 radical (unpaired) electrons. The Labute approximate surface area is 149 Å². The van der Waals surface area contributed by atoms with Gasteiger partial charge >= 0.3 is 11.8 Å². The first kappa shape index (κ1) is 19.5. The Morgan fingerprint density at radius 2 is 1.62 bits per heavy atom. The van der Waals surface area contributed by atoms with Gasteiger partial charge in [-0.15, -0.1) is 0 Å². The van der Waals surface area contributed by atoms with Crippen molar-refractivity contribution in [1.29, 1.82) is 0 Å². The van der Waals surface area contributed by atoms with E-state index >= 15 is 0 Å². The lowest BCUT2D eigenvalue weighted by molar-refractivity contribution is -0.136. The molecule has 0 spiro atoms. The van der Waals surface area contributed by atoms with Crippen LogP contribution in [-0.4, -0.2) is 18.4 Å². The highest BCUT2D eigenvalue weighted by Crippen LogP contribution is 2.25. The van der Waals surface area contributed by atoms with E-state index < -0.39 is 40.4 Å². The van der Waals surface area contributed by atoms with Gasteiger partial charge in [-0.1, -0.05) is 38.1 Å². The highest BCUT2D eigenvalue weighted by Gasteiger charge is 2.25. The topological polar surface area (TPSA) is 58.2 Å². The first-order valence-corrected chi connectivity index (χ1v) is 7.92. The van der Waals surface area contributed by atoms with E-state index in [9.17, 15) is 22.8 Å². The smallest absolute Gasteiger partial charge is 0.313 e. The molecule has 0 aromatic heterocycles. The molecule has 0 unspecified atom stereocenters. The van der Waals surface area contributed by atoms with Crippen LogP contribution in [0.25, 0.3) is 0 Å². The molecule has 2 rings (SSSR count). The van der Waals surface area contributed by atoms with E-state index in [0.717, 1.165) is 17.2 Å². The molecular weight excluding hydrogens is 345 g/mol. The number of carbonyl (C=O) groups excluding carboxylic acids is 2. The molecule has 0 heterocycles. The molecule has 0 fully saturated rings. The fraction of sp³-hybridized carbons (Fsp3) is 0.263. The van der Waals surface area contributed by atoms with Crippen LogP contribution in [0.5, 0.6) is 0 Å².